The van der Waals surface area contributed by atoms with Crippen molar-refractivity contribution in [1.82, 2.24) is 15.5 Å². The zero-order chi connectivity index (χ0) is 29.2. The molecule has 1 aliphatic rings. The van der Waals surface area contributed by atoms with E-state index in [0.29, 0.717) is 37.6 Å². The van der Waals surface area contributed by atoms with E-state index in [-0.39, 0.29) is 17.4 Å². The molecule has 2 amide bonds. The van der Waals surface area contributed by atoms with E-state index in [1.807, 2.05) is 6.07 Å². The molecule has 0 saturated carbocycles. The molecule has 1 aromatic rings. The minimum Gasteiger partial charge on any atom is -0.493 e. The molecule has 1 atom stereocenters. The molecule has 0 radical (unpaired) electrons. The van der Waals surface area contributed by atoms with Crippen LogP contribution in [0.5, 0.6) is 5.75 Å². The maximum atomic E-state index is 13.1. The SMILES string of the molecule is CCCCCCCCCCCCOC(=O)CC1C(=O)NCCN1C(=S)NC(=O)c1cc(Br)ccc1OCCCC. The standard InChI is InChI=1S/C30H46BrN3O5S/c1-3-5-7-8-9-10-11-12-13-14-20-39-27(35)22-25-29(37)32-17-18-34(25)30(40)33-28(36)24-21-23(31)15-16-26(24)38-19-6-4-2/h15-16,21,25H,3-14,17-20,22H2,1-2H3,(H,32,37)(H,33,36,40). The number of amides is 2. The van der Waals surface area contributed by atoms with E-state index in [1.54, 1.807) is 17.0 Å². The molecule has 1 fully saturated rings. The van der Waals surface area contributed by atoms with Crippen molar-refractivity contribution < 1.29 is 23.9 Å². The van der Waals surface area contributed by atoms with Gasteiger partial charge in [0, 0.05) is 17.6 Å². The van der Waals surface area contributed by atoms with E-state index in [0.717, 1.165) is 36.6 Å². The molecule has 0 aromatic heterocycles. The Morgan fingerprint density at radius 2 is 1.65 bits per heavy atom. The van der Waals surface area contributed by atoms with E-state index in [1.165, 1.54) is 44.9 Å². The normalized spacial score (nSPS) is 14.9. The van der Waals surface area contributed by atoms with E-state index in [2.05, 4.69) is 40.4 Å². The molecule has 0 bridgehead atoms. The van der Waals surface area contributed by atoms with Gasteiger partial charge < -0.3 is 19.7 Å². The molecule has 1 saturated heterocycles. The maximum Gasteiger partial charge on any atom is 0.308 e. The fourth-order valence-corrected chi connectivity index (χ4v) is 5.19. The van der Waals surface area contributed by atoms with Gasteiger partial charge in [-0.05, 0) is 43.3 Å². The van der Waals surface area contributed by atoms with Gasteiger partial charge in [-0.15, -0.1) is 0 Å². The lowest BCUT2D eigenvalue weighted by Gasteiger charge is -2.36. The topological polar surface area (TPSA) is 97.0 Å². The number of piperazine rings is 1. The Bertz CT molecular complexity index is 961. The lowest BCUT2D eigenvalue weighted by atomic mass is 10.1. The number of benzene rings is 1. The summed E-state index contributed by atoms with van der Waals surface area (Å²) in [6.45, 7) is 5.87. The molecule has 1 heterocycles. The minimum atomic E-state index is -0.843. The molecule has 2 N–H and O–H groups in total. The summed E-state index contributed by atoms with van der Waals surface area (Å²) in [6, 6.07) is 4.37. The average molecular weight is 641 g/mol. The molecule has 0 aliphatic carbocycles. The predicted octanol–water partition coefficient (Wildman–Crippen LogP) is 6.30. The maximum absolute atomic E-state index is 13.1. The van der Waals surface area contributed by atoms with Crippen molar-refractivity contribution in [2.24, 2.45) is 0 Å². The van der Waals surface area contributed by atoms with Gasteiger partial charge in [0.15, 0.2) is 5.11 Å². The summed E-state index contributed by atoms with van der Waals surface area (Å²) in [7, 11) is 0. The van der Waals surface area contributed by atoms with E-state index in [4.69, 9.17) is 21.7 Å². The van der Waals surface area contributed by atoms with Gasteiger partial charge in [0.05, 0.1) is 25.2 Å². The van der Waals surface area contributed by atoms with Crippen LogP contribution in [-0.4, -0.2) is 60.1 Å². The number of hydrogen-bond acceptors (Lipinski definition) is 6. The molecule has 10 heteroatoms. The molecule has 1 unspecified atom stereocenters. The molecule has 224 valence electrons. The molecule has 40 heavy (non-hydrogen) atoms. The summed E-state index contributed by atoms with van der Waals surface area (Å²) in [4.78, 5) is 39.9. The van der Waals surface area contributed by atoms with Gasteiger partial charge in [-0.2, -0.15) is 0 Å². The van der Waals surface area contributed by atoms with Crippen LogP contribution in [0.2, 0.25) is 0 Å². The lowest BCUT2D eigenvalue weighted by molar-refractivity contribution is -0.147. The second-order valence-electron chi connectivity index (χ2n) is 10.2. The first-order valence-corrected chi connectivity index (χ1v) is 16.0. The first-order valence-electron chi connectivity index (χ1n) is 14.8. The van der Waals surface area contributed by atoms with Crippen molar-refractivity contribution in [3.05, 3.63) is 28.2 Å². The van der Waals surface area contributed by atoms with Gasteiger partial charge >= 0.3 is 5.97 Å². The first kappa shape index (κ1) is 34.0. The highest BCUT2D eigenvalue weighted by molar-refractivity contribution is 9.10. The number of carbonyl (C=O) groups excluding carboxylic acids is 3. The largest absolute Gasteiger partial charge is 0.493 e. The first-order chi connectivity index (χ1) is 19.4. The number of carbonyl (C=O) groups is 3. The van der Waals surface area contributed by atoms with E-state index in [9.17, 15) is 14.4 Å². The van der Waals surface area contributed by atoms with E-state index < -0.39 is 17.9 Å². The third kappa shape index (κ3) is 12.5. The van der Waals surface area contributed by atoms with Crippen LogP contribution < -0.4 is 15.4 Å². The number of unbranched alkanes of at least 4 members (excludes halogenated alkanes) is 10. The number of nitrogens with zero attached hydrogens (tertiary/aromatic N) is 1. The monoisotopic (exact) mass is 639 g/mol. The van der Waals surface area contributed by atoms with Gasteiger partial charge in [0.25, 0.3) is 5.91 Å². The van der Waals surface area contributed by atoms with Crippen LogP contribution in [0, 0.1) is 0 Å². The van der Waals surface area contributed by atoms with Gasteiger partial charge in [0.2, 0.25) is 5.91 Å². The van der Waals surface area contributed by atoms with Crippen molar-refractivity contribution in [1.29, 1.82) is 0 Å². The fourth-order valence-electron chi connectivity index (χ4n) is 4.52. The molecule has 2 rings (SSSR count). The van der Waals surface area contributed by atoms with E-state index >= 15 is 0 Å². The second kappa shape index (κ2) is 19.8. The smallest absolute Gasteiger partial charge is 0.308 e. The Kier molecular flexibility index (Phi) is 16.8. The van der Waals surface area contributed by atoms with Crippen LogP contribution in [0.1, 0.15) is 108 Å². The number of rotatable bonds is 18. The highest BCUT2D eigenvalue weighted by atomic mass is 79.9. The third-order valence-electron chi connectivity index (χ3n) is 6.87. The number of esters is 1. The van der Waals surface area contributed by atoms with Crippen molar-refractivity contribution in [3.63, 3.8) is 0 Å². The van der Waals surface area contributed by atoms with Crippen molar-refractivity contribution in [2.75, 3.05) is 26.3 Å². The average Bonchev–Trinajstić information content (AvgIpc) is 2.93. The molecule has 1 aliphatic heterocycles. The summed E-state index contributed by atoms with van der Waals surface area (Å²) >= 11 is 8.91. The Hall–Kier alpha value is -2.20. The number of nitrogens with one attached hydrogen (secondary N) is 2. The molecule has 8 nitrogen and oxygen atoms in total. The highest BCUT2D eigenvalue weighted by Gasteiger charge is 2.34. The van der Waals surface area contributed by atoms with Crippen LogP contribution in [0.3, 0.4) is 0 Å². The van der Waals surface area contributed by atoms with Crippen LogP contribution in [0.4, 0.5) is 0 Å². The van der Waals surface area contributed by atoms with Crippen LogP contribution >= 0.6 is 28.1 Å². The van der Waals surface area contributed by atoms with Gasteiger partial charge in [-0.1, -0.05) is 94.0 Å². The molecular weight excluding hydrogens is 594 g/mol. The lowest BCUT2D eigenvalue weighted by Crippen LogP contribution is -2.60. The number of hydrogen-bond donors (Lipinski definition) is 2. The van der Waals surface area contributed by atoms with Crippen LogP contribution in [-0.2, 0) is 14.3 Å². The zero-order valence-electron chi connectivity index (χ0n) is 24.1. The summed E-state index contributed by atoms with van der Waals surface area (Å²) in [5.74, 6) is -0.744. The Morgan fingerprint density at radius 3 is 2.33 bits per heavy atom. The minimum absolute atomic E-state index is 0.0897. The summed E-state index contributed by atoms with van der Waals surface area (Å²) in [6.07, 6.45) is 13.7. The predicted molar refractivity (Wildman–Crippen MR) is 166 cm³/mol. The highest BCUT2D eigenvalue weighted by Crippen LogP contribution is 2.24. The third-order valence-corrected chi connectivity index (χ3v) is 7.70. The Labute approximate surface area is 253 Å². The molecule has 0 spiro atoms. The molecular formula is C30H46BrN3O5S. The van der Waals surface area contributed by atoms with Crippen molar-refractivity contribution in [2.45, 2.75) is 103 Å². The van der Waals surface area contributed by atoms with Crippen molar-refractivity contribution >= 4 is 51.0 Å². The van der Waals surface area contributed by atoms with Crippen LogP contribution in [0.25, 0.3) is 0 Å². The van der Waals surface area contributed by atoms with Gasteiger partial charge in [-0.25, -0.2) is 0 Å². The summed E-state index contributed by atoms with van der Waals surface area (Å²) in [5.41, 5.74) is 0.335. The Morgan fingerprint density at radius 1 is 1.00 bits per heavy atom. The number of ether oxygens (including phenoxy) is 2. The quantitative estimate of drug-likeness (QED) is 0.111. The summed E-state index contributed by atoms with van der Waals surface area (Å²) in [5, 5.41) is 5.59. The second-order valence-corrected chi connectivity index (χ2v) is 11.5. The fraction of sp³-hybridized carbons (Fsp3) is 0.667. The summed E-state index contributed by atoms with van der Waals surface area (Å²) < 4.78 is 11.9. The number of halogens is 1. The van der Waals surface area contributed by atoms with Crippen molar-refractivity contribution in [3.8, 4) is 5.75 Å². The Balaban J connectivity index is 1.81. The molecule has 1 aromatic carbocycles. The van der Waals surface area contributed by atoms with Crippen LogP contribution in [0.15, 0.2) is 22.7 Å². The zero-order valence-corrected chi connectivity index (χ0v) is 26.5. The van der Waals surface area contributed by atoms with Gasteiger partial charge in [0.1, 0.15) is 11.8 Å². The number of thiocarbonyl (C=S) groups is 1. The van der Waals surface area contributed by atoms with Gasteiger partial charge in [-0.3, -0.25) is 19.7 Å².